The molecule has 82 heavy (non-hydrogen) atoms. The molecule has 16 rings (SSSR count). The van der Waals surface area contributed by atoms with E-state index in [2.05, 4.69) is 263 Å². The van der Waals surface area contributed by atoms with Crippen LogP contribution in [0.2, 0.25) is 0 Å². The second kappa shape index (κ2) is 21.6. The van der Waals surface area contributed by atoms with E-state index >= 15 is 0 Å². The lowest BCUT2D eigenvalue weighted by atomic mass is 9.80. The highest BCUT2D eigenvalue weighted by Crippen LogP contribution is 2.41. The molecule has 4 heterocycles. The molecule has 10 heteroatoms. The maximum absolute atomic E-state index is 9.31. The Labute approximate surface area is 497 Å². The molecule has 16 aromatic rings. The smallest absolute Gasteiger partial charge is 0.454 e. The number of halogens is 3. The summed E-state index contributed by atoms with van der Waals surface area (Å²) in [6.07, 6.45) is 0. The lowest BCUT2D eigenvalue weighted by Gasteiger charge is -2.09. The molecule has 0 saturated heterocycles. The minimum Gasteiger partial charge on any atom is -0.454 e. The van der Waals surface area contributed by atoms with E-state index in [1.807, 2.05) is 48.5 Å². The monoisotopic (exact) mass is 1250 g/mol. The maximum Gasteiger partial charge on any atom is 0.488 e. The summed E-state index contributed by atoms with van der Waals surface area (Å²) < 4.78 is 19.8. The van der Waals surface area contributed by atoms with E-state index in [1.165, 1.54) is 60.4 Å². The Kier molecular flexibility index (Phi) is 13.6. The van der Waals surface area contributed by atoms with Crippen LogP contribution in [0.25, 0.3) is 132 Å². The third-order valence-corrected chi connectivity index (χ3v) is 17.2. The van der Waals surface area contributed by atoms with Crippen molar-refractivity contribution in [2.24, 2.45) is 0 Å². The van der Waals surface area contributed by atoms with Gasteiger partial charge in [0, 0.05) is 60.0 Å². The van der Waals surface area contributed by atoms with Gasteiger partial charge in [0.15, 0.2) is 0 Å². The zero-order valence-corrected chi connectivity index (χ0v) is 48.5. The van der Waals surface area contributed by atoms with Crippen molar-refractivity contribution in [3.63, 3.8) is 0 Å². The first-order valence-corrected chi connectivity index (χ1v) is 29.2. The Bertz CT molecular complexity index is 4990. The number of fused-ring (bicyclic) bond motifs is 12. The van der Waals surface area contributed by atoms with Crippen LogP contribution in [0, 0.1) is 0 Å². The fourth-order valence-corrected chi connectivity index (χ4v) is 12.8. The summed E-state index contributed by atoms with van der Waals surface area (Å²) in [6.45, 7) is 0. The van der Waals surface area contributed by atoms with Crippen molar-refractivity contribution in [3.05, 3.63) is 280 Å². The fraction of sp³-hybridized carbons (Fsp3) is 0. The summed E-state index contributed by atoms with van der Waals surface area (Å²) in [5.74, 6) is 0. The molecule has 0 spiro atoms. The van der Waals surface area contributed by atoms with E-state index in [0.717, 1.165) is 85.2 Å². The van der Waals surface area contributed by atoms with E-state index < -0.39 is 7.12 Å². The topological polar surface area (TPSA) is 76.6 Å². The van der Waals surface area contributed by atoms with Crippen LogP contribution in [-0.2, 0) is 0 Å². The zero-order chi connectivity index (χ0) is 55.4. The maximum atomic E-state index is 9.31. The third kappa shape index (κ3) is 9.23. The average molecular weight is 1250 g/mol. The molecule has 0 aliphatic heterocycles. The van der Waals surface area contributed by atoms with Crippen molar-refractivity contribution < 1.29 is 18.9 Å². The zero-order valence-electron chi connectivity index (χ0n) is 43.7. The molecular weight excluding hydrogens is 1210 g/mol. The van der Waals surface area contributed by atoms with Crippen molar-refractivity contribution in [3.8, 4) is 44.8 Å². The van der Waals surface area contributed by atoms with Gasteiger partial charge < -0.3 is 28.0 Å². The first-order chi connectivity index (χ1) is 40.3. The molecule has 2 N–H and O–H groups in total. The number of rotatable bonds is 6. The highest BCUT2D eigenvalue weighted by Gasteiger charge is 2.18. The second-order valence-corrected chi connectivity index (χ2v) is 22.7. The SMILES string of the molecule is Brc1cccc2c1oc1c(-c3ccc(-c4ccc5c(c4)c4ccccc4n5-c4ccccc4)cc3)cccc12.Brc1cccc2c1oc1c(Br)cccc12.OB(O)c1ccc(-c2ccc3c(c2)c2ccccc2n3-c2ccccc2)cc1. The number of hydrogen-bond acceptors (Lipinski definition) is 4. The van der Waals surface area contributed by atoms with Crippen LogP contribution in [0.4, 0.5) is 0 Å². The Morgan fingerprint density at radius 1 is 0.280 bits per heavy atom. The first-order valence-electron chi connectivity index (χ1n) is 26.9. The molecule has 12 aromatic carbocycles. The van der Waals surface area contributed by atoms with E-state index in [9.17, 15) is 10.0 Å². The molecule has 0 aliphatic carbocycles. The molecular formula is C72H46BBr3N2O4. The van der Waals surface area contributed by atoms with Crippen molar-refractivity contribution in [2.45, 2.75) is 0 Å². The van der Waals surface area contributed by atoms with E-state index in [1.54, 1.807) is 12.1 Å². The van der Waals surface area contributed by atoms with E-state index in [-0.39, 0.29) is 0 Å². The first kappa shape index (κ1) is 51.4. The lowest BCUT2D eigenvalue weighted by molar-refractivity contribution is 0.426. The van der Waals surface area contributed by atoms with Crippen LogP contribution in [0.3, 0.4) is 0 Å². The molecule has 6 nitrogen and oxygen atoms in total. The van der Waals surface area contributed by atoms with Gasteiger partial charge in [-0.2, -0.15) is 0 Å². The molecule has 0 bridgehead atoms. The summed E-state index contributed by atoms with van der Waals surface area (Å²) in [5, 5.41) is 28.1. The van der Waals surface area contributed by atoms with Gasteiger partial charge in [-0.1, -0.05) is 188 Å². The van der Waals surface area contributed by atoms with Crippen molar-refractivity contribution >= 4 is 148 Å². The molecule has 0 aliphatic rings. The predicted molar refractivity (Wildman–Crippen MR) is 352 cm³/mol. The standard InChI is InChI=1S/C36H22BrNO.C24H18BNO2.C12H6Br2O/c37-32-14-7-13-30-29-12-6-11-27(35(29)39-36(30)32)24-18-16-23(17-19-24)25-20-21-34-31(22-25)28-10-4-5-15-33(28)38(34)26-8-2-1-3-9-26;27-25(28)19-13-10-17(11-14-19)18-12-15-24-22(16-18)21-8-4-5-9-23(21)26(24)20-6-2-1-3-7-20;13-9-5-1-3-7-8-4-2-6-10(14)12(8)15-11(7)9/h1-22H;1-16,27-28H;1-6H. The van der Waals surface area contributed by atoms with Crippen LogP contribution in [0.15, 0.2) is 289 Å². The summed E-state index contributed by atoms with van der Waals surface area (Å²) in [7, 11) is -1.44. The van der Waals surface area contributed by atoms with E-state index in [0.29, 0.717) is 5.46 Å². The second-order valence-electron chi connectivity index (χ2n) is 20.1. The summed E-state index contributed by atoms with van der Waals surface area (Å²) in [4.78, 5) is 0. The minimum absolute atomic E-state index is 0.491. The van der Waals surface area contributed by atoms with Gasteiger partial charge in [-0.3, -0.25) is 0 Å². The van der Waals surface area contributed by atoms with Gasteiger partial charge in [0.1, 0.15) is 22.3 Å². The molecule has 0 atom stereocenters. The van der Waals surface area contributed by atoms with Gasteiger partial charge >= 0.3 is 7.12 Å². The highest BCUT2D eigenvalue weighted by atomic mass is 79.9. The van der Waals surface area contributed by atoms with Gasteiger partial charge in [-0.25, -0.2) is 0 Å². The Hall–Kier alpha value is -8.74. The summed E-state index contributed by atoms with van der Waals surface area (Å²) in [6, 6.07) is 92.2. The Morgan fingerprint density at radius 3 is 1.07 bits per heavy atom. The van der Waals surface area contributed by atoms with Crippen molar-refractivity contribution in [1.82, 2.24) is 9.13 Å². The molecule has 0 amide bonds. The molecule has 0 radical (unpaired) electrons. The third-order valence-electron chi connectivity index (χ3n) is 15.3. The van der Waals surface area contributed by atoms with Gasteiger partial charge in [-0.05, 0) is 160 Å². The fourth-order valence-electron chi connectivity index (χ4n) is 11.5. The molecule has 4 aromatic heterocycles. The van der Waals surface area contributed by atoms with Gasteiger partial charge in [-0.15, -0.1) is 0 Å². The number of aromatic nitrogens is 2. The van der Waals surface area contributed by atoms with Crippen LogP contribution in [-0.4, -0.2) is 26.3 Å². The minimum atomic E-state index is -1.44. The lowest BCUT2D eigenvalue weighted by Crippen LogP contribution is -2.29. The quantitative estimate of drug-likeness (QED) is 0.163. The highest BCUT2D eigenvalue weighted by molar-refractivity contribution is 9.11. The van der Waals surface area contributed by atoms with Crippen LogP contribution < -0.4 is 5.46 Å². The number of furan rings is 2. The van der Waals surface area contributed by atoms with Crippen LogP contribution in [0.1, 0.15) is 0 Å². The number of benzene rings is 12. The Balaban J connectivity index is 0.000000121. The largest absolute Gasteiger partial charge is 0.488 e. The van der Waals surface area contributed by atoms with Crippen molar-refractivity contribution in [1.29, 1.82) is 0 Å². The predicted octanol–water partition coefficient (Wildman–Crippen LogP) is 20.0. The number of para-hydroxylation sites is 8. The molecule has 0 fully saturated rings. The van der Waals surface area contributed by atoms with Crippen LogP contribution in [0.5, 0.6) is 0 Å². The molecule has 0 saturated carbocycles. The molecule has 0 unspecified atom stereocenters. The summed E-state index contributed by atoms with van der Waals surface area (Å²) >= 11 is 10.6. The van der Waals surface area contributed by atoms with E-state index in [4.69, 9.17) is 8.83 Å². The van der Waals surface area contributed by atoms with Crippen molar-refractivity contribution in [2.75, 3.05) is 0 Å². The summed E-state index contributed by atoms with van der Waals surface area (Å²) in [5.41, 5.74) is 18.0. The van der Waals surface area contributed by atoms with Gasteiger partial charge in [0.2, 0.25) is 0 Å². The van der Waals surface area contributed by atoms with Crippen LogP contribution >= 0.6 is 47.8 Å². The van der Waals surface area contributed by atoms with Gasteiger partial charge in [0.25, 0.3) is 0 Å². The average Bonchev–Trinajstić information content (AvgIpc) is 3.88. The molecule has 392 valence electrons. The Morgan fingerprint density at radius 2 is 0.622 bits per heavy atom. The number of nitrogens with zero attached hydrogens (tertiary/aromatic N) is 2. The van der Waals surface area contributed by atoms with Gasteiger partial charge in [0.05, 0.1) is 35.5 Å². The number of hydrogen-bond donors (Lipinski definition) is 2. The normalized spacial score (nSPS) is 11.5.